The highest BCUT2D eigenvalue weighted by atomic mass is 16.5. The molecule has 0 spiro atoms. The summed E-state index contributed by atoms with van der Waals surface area (Å²) < 4.78 is 6.29. The summed E-state index contributed by atoms with van der Waals surface area (Å²) in [5, 5.41) is 0. The number of rotatable bonds is 34. The van der Waals surface area contributed by atoms with Crippen LogP contribution in [0.4, 0.5) is 0 Å². The Morgan fingerprint density at radius 1 is 0.282 bits per heavy atom. The van der Waals surface area contributed by atoms with Crippen LogP contribution < -0.4 is 0 Å². The van der Waals surface area contributed by atoms with Gasteiger partial charge in [0.15, 0.2) is 0 Å². The van der Waals surface area contributed by atoms with Crippen molar-refractivity contribution in [3.63, 3.8) is 0 Å². The maximum Gasteiger partial charge on any atom is 0.0550 e. The first-order valence-electron chi connectivity index (χ1n) is 18.9. The van der Waals surface area contributed by atoms with Gasteiger partial charge in [0.05, 0.1) is 12.2 Å². The zero-order valence-electron chi connectivity index (χ0n) is 28.2. The van der Waals surface area contributed by atoms with Gasteiger partial charge in [0.25, 0.3) is 0 Å². The van der Waals surface area contributed by atoms with Crippen LogP contribution in [0.25, 0.3) is 0 Å². The van der Waals surface area contributed by atoms with Crippen LogP contribution in [-0.2, 0) is 4.74 Å². The van der Waals surface area contributed by atoms with Crippen molar-refractivity contribution in [1.82, 2.24) is 0 Å². The Bertz CT molecular complexity index is 381. The second-order valence-corrected chi connectivity index (χ2v) is 13.2. The Morgan fingerprint density at radius 3 is 0.667 bits per heavy atom. The molecular formula is C38H78O. The number of hydrogen-bond acceptors (Lipinski definition) is 1. The van der Waals surface area contributed by atoms with Gasteiger partial charge in [-0.2, -0.15) is 0 Å². The summed E-state index contributed by atoms with van der Waals surface area (Å²) in [6.07, 6.45) is 46.7. The van der Waals surface area contributed by atoms with Crippen molar-refractivity contribution >= 4 is 0 Å². The summed E-state index contributed by atoms with van der Waals surface area (Å²) in [6.45, 7) is 9.21. The van der Waals surface area contributed by atoms with Gasteiger partial charge in [-0.3, -0.25) is 0 Å². The van der Waals surface area contributed by atoms with Crippen LogP contribution in [0.15, 0.2) is 0 Å². The summed E-state index contributed by atoms with van der Waals surface area (Å²) in [5.41, 5.74) is 0. The second-order valence-electron chi connectivity index (χ2n) is 13.2. The molecule has 0 bridgehead atoms. The van der Waals surface area contributed by atoms with Gasteiger partial charge >= 0.3 is 0 Å². The van der Waals surface area contributed by atoms with Gasteiger partial charge in [0.1, 0.15) is 0 Å². The van der Waals surface area contributed by atoms with Crippen LogP contribution >= 0.6 is 0 Å². The van der Waals surface area contributed by atoms with Gasteiger partial charge in [-0.1, -0.05) is 206 Å². The lowest BCUT2D eigenvalue weighted by atomic mass is 10.0. The molecule has 0 saturated carbocycles. The molecule has 0 amide bonds. The molecule has 0 heterocycles. The molecule has 0 aliphatic carbocycles. The minimum atomic E-state index is 0.443. The van der Waals surface area contributed by atoms with E-state index in [0.29, 0.717) is 12.2 Å². The summed E-state index contributed by atoms with van der Waals surface area (Å²) >= 11 is 0. The Kier molecular flexibility index (Phi) is 34.1. The highest BCUT2D eigenvalue weighted by Gasteiger charge is 2.08. The minimum absolute atomic E-state index is 0.443. The van der Waals surface area contributed by atoms with Gasteiger partial charge in [0, 0.05) is 0 Å². The molecular weight excluding hydrogens is 472 g/mol. The highest BCUT2D eigenvalue weighted by Crippen LogP contribution is 2.17. The third-order valence-corrected chi connectivity index (χ3v) is 8.89. The molecule has 0 radical (unpaired) electrons. The summed E-state index contributed by atoms with van der Waals surface area (Å²) in [7, 11) is 0. The van der Waals surface area contributed by atoms with E-state index in [2.05, 4.69) is 27.7 Å². The maximum absolute atomic E-state index is 6.29. The van der Waals surface area contributed by atoms with E-state index in [4.69, 9.17) is 4.74 Å². The predicted octanol–water partition coefficient (Wildman–Crippen LogP) is 14.3. The van der Waals surface area contributed by atoms with E-state index in [9.17, 15) is 0 Å². The first kappa shape index (κ1) is 39.0. The molecule has 0 aromatic heterocycles. The van der Waals surface area contributed by atoms with E-state index < -0.39 is 0 Å². The van der Waals surface area contributed by atoms with Crippen molar-refractivity contribution in [2.24, 2.45) is 0 Å². The van der Waals surface area contributed by atoms with Crippen molar-refractivity contribution in [3.8, 4) is 0 Å². The van der Waals surface area contributed by atoms with Crippen molar-refractivity contribution < 1.29 is 4.74 Å². The molecule has 236 valence electrons. The van der Waals surface area contributed by atoms with Crippen LogP contribution in [0, 0.1) is 0 Å². The summed E-state index contributed by atoms with van der Waals surface area (Å²) in [6, 6.07) is 0. The Hall–Kier alpha value is -0.0400. The number of unbranched alkanes of at least 4 members (excludes halogenated alkanes) is 28. The van der Waals surface area contributed by atoms with Crippen LogP contribution in [-0.4, -0.2) is 12.2 Å². The van der Waals surface area contributed by atoms with E-state index >= 15 is 0 Å². The smallest absolute Gasteiger partial charge is 0.0550 e. The lowest BCUT2D eigenvalue weighted by Crippen LogP contribution is -2.17. The molecule has 1 nitrogen and oxygen atoms in total. The fraction of sp³-hybridized carbons (Fsp3) is 1.00. The Balaban J connectivity index is 3.26. The van der Waals surface area contributed by atoms with E-state index in [1.54, 1.807) is 0 Å². The second kappa shape index (κ2) is 34.2. The fourth-order valence-corrected chi connectivity index (χ4v) is 6.14. The zero-order valence-corrected chi connectivity index (χ0v) is 28.2. The molecule has 0 N–H and O–H groups in total. The molecule has 2 unspecified atom stereocenters. The molecule has 39 heavy (non-hydrogen) atoms. The monoisotopic (exact) mass is 551 g/mol. The van der Waals surface area contributed by atoms with Gasteiger partial charge in [-0.05, 0) is 26.7 Å². The average molecular weight is 551 g/mol. The lowest BCUT2D eigenvalue weighted by Gasteiger charge is -2.19. The summed E-state index contributed by atoms with van der Waals surface area (Å²) in [4.78, 5) is 0. The molecule has 0 aliphatic heterocycles. The SMILES string of the molecule is CCCCCCCCCCCCCCCCCC(C)OC(C)CCCCCCCCCCCCCCCCC. The lowest BCUT2D eigenvalue weighted by molar-refractivity contribution is -0.00232. The molecule has 1 heteroatoms. The number of hydrogen-bond donors (Lipinski definition) is 0. The van der Waals surface area contributed by atoms with Gasteiger partial charge < -0.3 is 4.74 Å². The fourth-order valence-electron chi connectivity index (χ4n) is 6.14. The summed E-state index contributed by atoms with van der Waals surface area (Å²) in [5.74, 6) is 0. The Labute approximate surface area is 249 Å². The normalized spacial score (nSPS) is 13.2. The first-order chi connectivity index (χ1) is 19.2. The molecule has 0 aliphatic rings. The molecule has 0 aromatic carbocycles. The van der Waals surface area contributed by atoms with Crippen LogP contribution in [0.3, 0.4) is 0 Å². The van der Waals surface area contributed by atoms with Gasteiger partial charge in [0.2, 0.25) is 0 Å². The predicted molar refractivity (Wildman–Crippen MR) is 179 cm³/mol. The van der Waals surface area contributed by atoms with Crippen molar-refractivity contribution in [2.75, 3.05) is 0 Å². The highest BCUT2D eigenvalue weighted by molar-refractivity contribution is 4.59. The maximum atomic E-state index is 6.29. The van der Waals surface area contributed by atoms with E-state index in [1.165, 1.54) is 205 Å². The third-order valence-electron chi connectivity index (χ3n) is 8.89. The first-order valence-corrected chi connectivity index (χ1v) is 18.9. The molecule has 0 fully saturated rings. The van der Waals surface area contributed by atoms with Crippen LogP contribution in [0.1, 0.15) is 233 Å². The van der Waals surface area contributed by atoms with Crippen LogP contribution in [0.2, 0.25) is 0 Å². The third kappa shape index (κ3) is 34.1. The van der Waals surface area contributed by atoms with E-state index in [0.717, 1.165) is 0 Å². The van der Waals surface area contributed by atoms with Crippen molar-refractivity contribution in [2.45, 2.75) is 245 Å². The largest absolute Gasteiger partial charge is 0.376 e. The van der Waals surface area contributed by atoms with Gasteiger partial charge in [-0.25, -0.2) is 0 Å². The molecule has 0 aromatic rings. The average Bonchev–Trinajstić information content (AvgIpc) is 2.93. The van der Waals surface area contributed by atoms with Crippen molar-refractivity contribution in [3.05, 3.63) is 0 Å². The quantitative estimate of drug-likeness (QED) is 0.0724. The van der Waals surface area contributed by atoms with E-state index in [1.807, 2.05) is 0 Å². The standard InChI is InChI=1S/C38H78O/c1-5-7-9-11-13-15-17-19-21-23-25-27-29-31-33-35-37(3)39-38(4)36-34-32-30-28-26-24-22-20-18-16-14-12-10-8-6-2/h37-38H,5-36H2,1-4H3. The molecule has 0 rings (SSSR count). The van der Waals surface area contributed by atoms with E-state index in [-0.39, 0.29) is 0 Å². The minimum Gasteiger partial charge on any atom is -0.376 e. The number of ether oxygens (including phenoxy) is 1. The van der Waals surface area contributed by atoms with Gasteiger partial charge in [-0.15, -0.1) is 0 Å². The zero-order chi connectivity index (χ0) is 28.5. The molecule has 2 atom stereocenters. The van der Waals surface area contributed by atoms with Crippen molar-refractivity contribution in [1.29, 1.82) is 0 Å². The topological polar surface area (TPSA) is 9.23 Å². The Morgan fingerprint density at radius 2 is 0.462 bits per heavy atom. The molecule has 0 saturated heterocycles. The van der Waals surface area contributed by atoms with Crippen LogP contribution in [0.5, 0.6) is 0 Å².